The van der Waals surface area contributed by atoms with E-state index in [1.807, 2.05) is 0 Å². The van der Waals surface area contributed by atoms with Crippen LogP contribution in [0.1, 0.15) is 0 Å². The molecule has 0 bridgehead atoms. The standard InChI is InChI=1S/C7H11BrO4.C7H13NO4.C7H10O5/c2*8-4-1-3(2-9)5(10)7(12)6(4)11;8-2-3-1-4(9)6(11)7(12)5(3)10/h1,4-7,9-12H,2H2;1,4-7,9-12H,2,8H2;1,5-8,10-12H,2H2. The van der Waals surface area contributed by atoms with Crippen LogP contribution in [0, 0.1) is 0 Å². The summed E-state index contributed by atoms with van der Waals surface area (Å²) in [4.78, 5) is 10.4. The molecule has 0 aromatic carbocycles. The van der Waals surface area contributed by atoms with Crippen LogP contribution in [-0.2, 0) is 4.79 Å². The van der Waals surface area contributed by atoms with Crippen LogP contribution in [0.4, 0.5) is 0 Å². The zero-order valence-electron chi connectivity index (χ0n) is 18.9. The molecule has 3 rings (SSSR count). The predicted molar refractivity (Wildman–Crippen MR) is 125 cm³/mol. The molecule has 0 saturated heterocycles. The summed E-state index contributed by atoms with van der Waals surface area (Å²) in [5, 5.41) is 109. The molecule has 11 unspecified atom stereocenters. The summed E-state index contributed by atoms with van der Waals surface area (Å²) < 4.78 is 0. The van der Waals surface area contributed by atoms with E-state index < -0.39 is 78.2 Å². The van der Waals surface area contributed by atoms with Gasteiger partial charge in [-0.25, -0.2) is 0 Å². The van der Waals surface area contributed by atoms with Gasteiger partial charge in [0.25, 0.3) is 0 Å². The highest BCUT2D eigenvalue weighted by atomic mass is 79.9. The number of halogens is 1. The lowest BCUT2D eigenvalue weighted by Crippen LogP contribution is -2.52. The molecule has 0 amide bonds. The van der Waals surface area contributed by atoms with E-state index in [4.69, 9.17) is 41.5 Å². The number of aliphatic hydroxyl groups is 12. The predicted octanol–water partition coefficient (Wildman–Crippen LogP) is -6.34. The molecule has 0 saturated carbocycles. The van der Waals surface area contributed by atoms with Crippen LogP contribution in [0.3, 0.4) is 0 Å². The molecule has 11 atom stereocenters. The lowest BCUT2D eigenvalue weighted by molar-refractivity contribution is -0.134. The Hall–Kier alpha value is -1.15. The third-order valence-corrected chi connectivity index (χ3v) is 6.61. The van der Waals surface area contributed by atoms with Crippen molar-refractivity contribution >= 4 is 21.7 Å². The summed E-state index contributed by atoms with van der Waals surface area (Å²) in [7, 11) is 0. The van der Waals surface area contributed by atoms with E-state index in [9.17, 15) is 30.3 Å². The van der Waals surface area contributed by atoms with Crippen molar-refractivity contribution < 1.29 is 66.1 Å². The lowest BCUT2D eigenvalue weighted by atomic mass is 9.89. The number of carbonyl (C=O) groups is 1. The van der Waals surface area contributed by atoms with Gasteiger partial charge in [0, 0.05) is 0 Å². The summed E-state index contributed by atoms with van der Waals surface area (Å²) in [5.74, 6) is -0.697. The lowest BCUT2D eigenvalue weighted by Gasteiger charge is -2.32. The second-order valence-corrected chi connectivity index (χ2v) is 9.39. The Morgan fingerprint density at radius 3 is 1.50 bits per heavy atom. The quantitative estimate of drug-likeness (QED) is 0.108. The number of alkyl halides is 1. The van der Waals surface area contributed by atoms with E-state index in [1.54, 1.807) is 0 Å². The van der Waals surface area contributed by atoms with Gasteiger partial charge < -0.3 is 67.0 Å². The number of rotatable bonds is 3. The number of hydrogen-bond acceptors (Lipinski definition) is 14. The Bertz CT molecular complexity index is 780. The second kappa shape index (κ2) is 14.7. The Morgan fingerprint density at radius 2 is 1.03 bits per heavy atom. The van der Waals surface area contributed by atoms with E-state index in [0.717, 1.165) is 6.08 Å². The van der Waals surface area contributed by atoms with Crippen molar-refractivity contribution in [3.05, 3.63) is 34.9 Å². The fourth-order valence-electron chi connectivity index (χ4n) is 3.42. The molecular formula is C21H34BrNO13. The molecule has 14 nitrogen and oxygen atoms in total. The zero-order chi connectivity index (χ0) is 27.9. The Balaban J connectivity index is 0.000000270. The molecule has 0 aliphatic heterocycles. The fraction of sp³-hybridized carbons (Fsp3) is 0.667. The summed E-state index contributed by atoms with van der Waals surface area (Å²) in [6.07, 6.45) is -7.81. The first-order chi connectivity index (χ1) is 16.7. The van der Waals surface area contributed by atoms with Gasteiger partial charge in [0.2, 0.25) is 0 Å². The third kappa shape index (κ3) is 7.92. The van der Waals surface area contributed by atoms with Gasteiger partial charge in [0.05, 0.1) is 36.8 Å². The van der Waals surface area contributed by atoms with Crippen molar-refractivity contribution in [2.45, 2.75) is 65.8 Å². The van der Waals surface area contributed by atoms with Crippen molar-refractivity contribution in [2.75, 3.05) is 19.8 Å². The van der Waals surface area contributed by atoms with Gasteiger partial charge in [-0.15, -0.1) is 0 Å². The molecule has 14 N–H and O–H groups in total. The van der Waals surface area contributed by atoms with Gasteiger partial charge in [-0.1, -0.05) is 28.1 Å². The first-order valence-electron chi connectivity index (χ1n) is 10.7. The smallest absolute Gasteiger partial charge is 0.187 e. The third-order valence-electron chi connectivity index (χ3n) is 5.80. The molecule has 3 aliphatic rings. The Kier molecular flexibility index (Phi) is 13.4. The summed E-state index contributed by atoms with van der Waals surface area (Å²) in [6.45, 7) is -1.18. The van der Waals surface area contributed by atoms with E-state index in [-0.39, 0.29) is 24.4 Å². The SMILES string of the molecule is NC1C=C(CO)C(O)C(O)C1O.O=C1C=C(CO)C(O)C(O)C1O.OCC1=CC(Br)C(O)C(O)C1O. The fourth-order valence-corrected chi connectivity index (χ4v) is 4.07. The molecule has 0 heterocycles. The van der Waals surface area contributed by atoms with E-state index in [1.165, 1.54) is 12.2 Å². The summed E-state index contributed by atoms with van der Waals surface area (Å²) in [6, 6.07) is -0.731. The van der Waals surface area contributed by atoms with Crippen molar-refractivity contribution in [1.82, 2.24) is 0 Å². The number of hydrogen-bond donors (Lipinski definition) is 13. The highest BCUT2D eigenvalue weighted by Gasteiger charge is 2.37. The Labute approximate surface area is 214 Å². The van der Waals surface area contributed by atoms with E-state index >= 15 is 0 Å². The molecule has 0 aromatic rings. The topological polar surface area (TPSA) is 286 Å². The number of aliphatic hydroxyl groups excluding tert-OH is 12. The summed E-state index contributed by atoms with van der Waals surface area (Å²) >= 11 is 3.09. The monoisotopic (exact) mass is 587 g/mol. The normalized spacial score (nSPS) is 40.6. The minimum atomic E-state index is -1.59. The molecule has 0 aromatic heterocycles. The van der Waals surface area contributed by atoms with Crippen LogP contribution in [0.25, 0.3) is 0 Å². The average molecular weight is 588 g/mol. The largest absolute Gasteiger partial charge is 0.392 e. The van der Waals surface area contributed by atoms with Crippen LogP contribution < -0.4 is 5.73 Å². The molecule has 0 radical (unpaired) electrons. The molecule has 36 heavy (non-hydrogen) atoms. The first kappa shape index (κ1) is 32.9. The maximum absolute atomic E-state index is 10.8. The minimum Gasteiger partial charge on any atom is -0.392 e. The van der Waals surface area contributed by atoms with Crippen molar-refractivity contribution in [2.24, 2.45) is 5.73 Å². The van der Waals surface area contributed by atoms with Gasteiger partial charge in [-0.05, 0) is 22.8 Å². The minimum absolute atomic E-state index is 0.0257. The molecule has 208 valence electrons. The maximum atomic E-state index is 10.8. The average Bonchev–Trinajstić information content (AvgIpc) is 2.87. The second-order valence-electron chi connectivity index (χ2n) is 8.33. The van der Waals surface area contributed by atoms with Crippen LogP contribution in [-0.4, -0.2) is 153 Å². The zero-order valence-corrected chi connectivity index (χ0v) is 20.5. The van der Waals surface area contributed by atoms with Gasteiger partial charge in [0.1, 0.15) is 48.8 Å². The van der Waals surface area contributed by atoms with Gasteiger partial charge in [0.15, 0.2) is 5.78 Å². The van der Waals surface area contributed by atoms with Gasteiger partial charge in [-0.2, -0.15) is 0 Å². The van der Waals surface area contributed by atoms with Crippen molar-refractivity contribution in [3.63, 3.8) is 0 Å². The van der Waals surface area contributed by atoms with Gasteiger partial charge in [-0.3, -0.25) is 4.79 Å². The first-order valence-corrected chi connectivity index (χ1v) is 11.6. The van der Waals surface area contributed by atoms with Crippen LogP contribution in [0.15, 0.2) is 34.9 Å². The number of carbonyl (C=O) groups excluding carboxylic acids is 1. The molecule has 0 spiro atoms. The van der Waals surface area contributed by atoms with Crippen molar-refractivity contribution in [3.8, 4) is 0 Å². The van der Waals surface area contributed by atoms with Crippen LogP contribution >= 0.6 is 15.9 Å². The van der Waals surface area contributed by atoms with Crippen molar-refractivity contribution in [1.29, 1.82) is 0 Å². The van der Waals surface area contributed by atoms with E-state index in [0.29, 0.717) is 5.57 Å². The van der Waals surface area contributed by atoms with Crippen LogP contribution in [0.5, 0.6) is 0 Å². The summed E-state index contributed by atoms with van der Waals surface area (Å²) in [5.41, 5.74) is 5.99. The van der Waals surface area contributed by atoms with Gasteiger partial charge >= 0.3 is 0 Å². The number of ketones is 1. The highest BCUT2D eigenvalue weighted by molar-refractivity contribution is 9.09. The number of nitrogens with two attached hydrogens (primary N) is 1. The molecule has 15 heteroatoms. The molecular weight excluding hydrogens is 554 g/mol. The molecule has 0 fully saturated rings. The highest BCUT2D eigenvalue weighted by Crippen LogP contribution is 2.24. The maximum Gasteiger partial charge on any atom is 0.187 e. The van der Waals surface area contributed by atoms with Crippen LogP contribution in [0.2, 0.25) is 0 Å². The Morgan fingerprint density at radius 1 is 0.611 bits per heavy atom. The molecule has 3 aliphatic carbocycles. The van der Waals surface area contributed by atoms with E-state index in [2.05, 4.69) is 15.9 Å².